The Morgan fingerprint density at radius 1 is 1.45 bits per heavy atom. The number of amides is 1. The van der Waals surface area contributed by atoms with Crippen LogP contribution in [0.15, 0.2) is 30.5 Å². The van der Waals surface area contributed by atoms with Crippen LogP contribution in [0.4, 0.5) is 0 Å². The summed E-state index contributed by atoms with van der Waals surface area (Å²) in [5.74, 6) is -0.0673. The van der Waals surface area contributed by atoms with Crippen LogP contribution in [0, 0.1) is 6.92 Å². The van der Waals surface area contributed by atoms with Crippen LogP contribution >= 0.6 is 0 Å². The summed E-state index contributed by atoms with van der Waals surface area (Å²) in [6.45, 7) is 3.24. The average Bonchev–Trinajstić information content (AvgIpc) is 2.98. The molecule has 2 heterocycles. The fourth-order valence-corrected chi connectivity index (χ4v) is 2.65. The second-order valence-electron chi connectivity index (χ2n) is 5.15. The number of rotatable bonds is 3. The highest BCUT2D eigenvalue weighted by atomic mass is 16.5. The molecule has 1 amide bonds. The van der Waals surface area contributed by atoms with Crippen molar-refractivity contribution in [3.63, 3.8) is 0 Å². The molecule has 104 valence electrons. The Bertz CT molecular complexity index is 633. The number of pyridine rings is 1. The molecule has 0 saturated carbocycles. The maximum absolute atomic E-state index is 12.4. The smallest absolute Gasteiger partial charge is 0.253 e. The van der Waals surface area contributed by atoms with Crippen molar-refractivity contribution in [1.29, 1.82) is 0 Å². The molecule has 1 aliphatic rings. The number of carbonyl (C=O) groups excluding carboxylic acids is 1. The number of fused-ring (bicyclic) bond motifs is 1. The average molecular weight is 270 g/mol. The van der Waals surface area contributed by atoms with Crippen molar-refractivity contribution in [1.82, 2.24) is 10.3 Å². The van der Waals surface area contributed by atoms with Gasteiger partial charge < -0.3 is 10.1 Å². The number of hydrogen-bond acceptors (Lipinski definition) is 3. The summed E-state index contributed by atoms with van der Waals surface area (Å²) < 4.78 is 5.53. The predicted octanol–water partition coefficient (Wildman–Crippen LogP) is 2.45. The second kappa shape index (κ2) is 5.59. The monoisotopic (exact) mass is 270 g/mol. The Morgan fingerprint density at radius 2 is 2.30 bits per heavy atom. The first-order chi connectivity index (χ1) is 9.75. The fourth-order valence-electron chi connectivity index (χ4n) is 2.65. The van der Waals surface area contributed by atoms with Gasteiger partial charge >= 0.3 is 0 Å². The van der Waals surface area contributed by atoms with Gasteiger partial charge in [0.25, 0.3) is 5.91 Å². The van der Waals surface area contributed by atoms with E-state index >= 15 is 0 Å². The first kappa shape index (κ1) is 13.1. The van der Waals surface area contributed by atoms with Gasteiger partial charge in [0, 0.05) is 24.7 Å². The summed E-state index contributed by atoms with van der Waals surface area (Å²) in [7, 11) is 0. The van der Waals surface area contributed by atoms with E-state index in [0.717, 1.165) is 35.9 Å². The SMILES string of the molecule is Cc1ncc2ccccc2c1C(=O)NCC1CCCO1. The van der Waals surface area contributed by atoms with Crippen LogP contribution in [0.25, 0.3) is 10.8 Å². The van der Waals surface area contributed by atoms with E-state index in [9.17, 15) is 4.79 Å². The van der Waals surface area contributed by atoms with Gasteiger partial charge in [0.15, 0.2) is 0 Å². The third-order valence-corrected chi connectivity index (χ3v) is 3.73. The Labute approximate surface area is 118 Å². The molecule has 1 atom stereocenters. The van der Waals surface area contributed by atoms with E-state index in [2.05, 4.69) is 10.3 Å². The molecule has 0 radical (unpaired) electrons. The molecule has 0 spiro atoms. The zero-order valence-electron chi connectivity index (χ0n) is 11.6. The number of nitrogens with zero attached hydrogens (tertiary/aromatic N) is 1. The lowest BCUT2D eigenvalue weighted by Crippen LogP contribution is -2.32. The standard InChI is InChI=1S/C16H18N2O2/c1-11-15(14-7-3-2-5-12(14)9-17-11)16(19)18-10-13-6-4-8-20-13/h2-3,5,7,9,13H,4,6,8,10H2,1H3,(H,18,19). The number of ether oxygens (including phenoxy) is 1. The molecule has 2 aromatic rings. The highest BCUT2D eigenvalue weighted by Crippen LogP contribution is 2.20. The van der Waals surface area contributed by atoms with Crippen LogP contribution in [0.1, 0.15) is 28.9 Å². The van der Waals surface area contributed by atoms with Gasteiger partial charge in [0.2, 0.25) is 0 Å². The van der Waals surface area contributed by atoms with Crippen molar-refractivity contribution < 1.29 is 9.53 Å². The van der Waals surface area contributed by atoms with E-state index in [-0.39, 0.29) is 12.0 Å². The topological polar surface area (TPSA) is 51.2 Å². The van der Waals surface area contributed by atoms with Gasteiger partial charge in [-0.25, -0.2) is 0 Å². The van der Waals surface area contributed by atoms with E-state index in [1.165, 1.54) is 0 Å². The minimum absolute atomic E-state index is 0.0673. The molecule has 1 saturated heterocycles. The van der Waals surface area contributed by atoms with Crippen LogP contribution in [0.3, 0.4) is 0 Å². The lowest BCUT2D eigenvalue weighted by atomic mass is 10.0. The number of aromatic nitrogens is 1. The molecule has 1 aliphatic heterocycles. The molecule has 4 heteroatoms. The molecular weight excluding hydrogens is 252 g/mol. The molecule has 3 rings (SSSR count). The molecule has 0 aliphatic carbocycles. The Balaban J connectivity index is 1.84. The molecule has 1 aromatic carbocycles. The zero-order chi connectivity index (χ0) is 13.9. The second-order valence-corrected chi connectivity index (χ2v) is 5.15. The van der Waals surface area contributed by atoms with E-state index < -0.39 is 0 Å². The predicted molar refractivity (Wildman–Crippen MR) is 77.8 cm³/mol. The van der Waals surface area contributed by atoms with Gasteiger partial charge in [-0.3, -0.25) is 9.78 Å². The molecule has 1 fully saturated rings. The van der Waals surface area contributed by atoms with Crippen LogP contribution in [0.5, 0.6) is 0 Å². The molecule has 0 bridgehead atoms. The minimum atomic E-state index is -0.0673. The Hall–Kier alpha value is -1.94. The molecular formula is C16H18N2O2. The van der Waals surface area contributed by atoms with E-state index in [0.29, 0.717) is 12.1 Å². The van der Waals surface area contributed by atoms with Crippen molar-refractivity contribution in [2.24, 2.45) is 0 Å². The minimum Gasteiger partial charge on any atom is -0.376 e. The van der Waals surface area contributed by atoms with Crippen molar-refractivity contribution in [2.45, 2.75) is 25.9 Å². The molecule has 1 N–H and O–H groups in total. The van der Waals surface area contributed by atoms with Crippen LogP contribution in [-0.4, -0.2) is 30.1 Å². The van der Waals surface area contributed by atoms with Gasteiger partial charge in [-0.2, -0.15) is 0 Å². The molecule has 1 aromatic heterocycles. The maximum Gasteiger partial charge on any atom is 0.253 e. The fraction of sp³-hybridized carbons (Fsp3) is 0.375. The summed E-state index contributed by atoms with van der Waals surface area (Å²) in [6, 6.07) is 7.83. The number of aryl methyl sites for hydroxylation is 1. The summed E-state index contributed by atoms with van der Waals surface area (Å²) in [4.78, 5) is 16.7. The third kappa shape index (κ3) is 2.51. The third-order valence-electron chi connectivity index (χ3n) is 3.73. The van der Waals surface area contributed by atoms with E-state index in [1.807, 2.05) is 37.4 Å². The highest BCUT2D eigenvalue weighted by molar-refractivity contribution is 6.07. The summed E-state index contributed by atoms with van der Waals surface area (Å²) >= 11 is 0. The molecule has 1 unspecified atom stereocenters. The summed E-state index contributed by atoms with van der Waals surface area (Å²) in [5.41, 5.74) is 1.43. The Morgan fingerprint density at radius 3 is 3.10 bits per heavy atom. The van der Waals surface area contributed by atoms with Gasteiger partial charge in [0.1, 0.15) is 0 Å². The van der Waals surface area contributed by atoms with Gasteiger partial charge in [-0.15, -0.1) is 0 Å². The van der Waals surface area contributed by atoms with Crippen molar-refractivity contribution in [3.8, 4) is 0 Å². The first-order valence-electron chi connectivity index (χ1n) is 7.00. The van der Waals surface area contributed by atoms with E-state index in [1.54, 1.807) is 0 Å². The van der Waals surface area contributed by atoms with Gasteiger partial charge in [-0.05, 0) is 25.2 Å². The van der Waals surface area contributed by atoms with Crippen molar-refractivity contribution in [3.05, 3.63) is 41.7 Å². The lowest BCUT2D eigenvalue weighted by Gasteiger charge is -2.13. The molecule has 4 nitrogen and oxygen atoms in total. The quantitative estimate of drug-likeness (QED) is 0.932. The van der Waals surface area contributed by atoms with Crippen LogP contribution in [0.2, 0.25) is 0 Å². The maximum atomic E-state index is 12.4. The number of hydrogen-bond donors (Lipinski definition) is 1. The number of benzene rings is 1. The van der Waals surface area contributed by atoms with Crippen LogP contribution in [-0.2, 0) is 4.74 Å². The Kier molecular flexibility index (Phi) is 3.65. The normalized spacial score (nSPS) is 18.4. The van der Waals surface area contributed by atoms with Gasteiger partial charge in [0.05, 0.1) is 17.4 Å². The highest BCUT2D eigenvalue weighted by Gasteiger charge is 2.19. The lowest BCUT2D eigenvalue weighted by molar-refractivity contribution is 0.0858. The van der Waals surface area contributed by atoms with Crippen molar-refractivity contribution >= 4 is 16.7 Å². The van der Waals surface area contributed by atoms with Crippen LogP contribution < -0.4 is 5.32 Å². The largest absolute Gasteiger partial charge is 0.376 e. The summed E-state index contributed by atoms with van der Waals surface area (Å²) in [5, 5.41) is 4.91. The van der Waals surface area contributed by atoms with Gasteiger partial charge in [-0.1, -0.05) is 24.3 Å². The number of carbonyl (C=O) groups is 1. The van der Waals surface area contributed by atoms with E-state index in [4.69, 9.17) is 4.74 Å². The van der Waals surface area contributed by atoms with Crippen molar-refractivity contribution in [2.75, 3.05) is 13.2 Å². The first-order valence-corrected chi connectivity index (χ1v) is 7.00. The number of nitrogens with one attached hydrogen (secondary N) is 1. The molecule has 20 heavy (non-hydrogen) atoms. The summed E-state index contributed by atoms with van der Waals surface area (Å²) in [6.07, 6.45) is 4.06. The zero-order valence-corrected chi connectivity index (χ0v) is 11.6.